The molecule has 0 atom stereocenters. The third-order valence-corrected chi connectivity index (χ3v) is 3.87. The molecule has 0 spiro atoms. The molecule has 2 N–H and O–H groups in total. The van der Waals surface area contributed by atoms with Crippen LogP contribution in [0.15, 0.2) is 46.9 Å². The molecule has 0 radical (unpaired) electrons. The van der Waals surface area contributed by atoms with Crippen LogP contribution in [0.4, 0.5) is 10.5 Å². The largest absolute Gasteiger partial charge is 0.338 e. The van der Waals surface area contributed by atoms with Crippen LogP contribution >= 0.6 is 39.1 Å². The van der Waals surface area contributed by atoms with Crippen LogP contribution in [0.2, 0.25) is 10.0 Å². The molecule has 0 aliphatic carbocycles. The Bertz CT molecular complexity index is 632. The van der Waals surface area contributed by atoms with Crippen molar-refractivity contribution in [2.75, 3.05) is 11.9 Å². The fraction of sp³-hybridized carbons (Fsp3) is 0.133. The zero-order chi connectivity index (χ0) is 15.2. The monoisotopic (exact) mass is 386 g/mol. The molecule has 21 heavy (non-hydrogen) atoms. The fourth-order valence-corrected chi connectivity index (χ4v) is 2.45. The number of benzene rings is 2. The van der Waals surface area contributed by atoms with Gasteiger partial charge in [-0.15, -0.1) is 0 Å². The molecule has 3 nitrogen and oxygen atoms in total. The number of amides is 2. The second kappa shape index (κ2) is 7.69. The number of carbonyl (C=O) groups excluding carboxylic acids is 1. The standard InChI is InChI=1S/C15H13BrCl2N2O/c16-11-3-1-10(2-4-11)7-8-19-15(21)20-14-6-5-12(17)9-13(14)18/h1-6,9H,7-8H2,(H2,19,20,21). The molecule has 0 aliphatic rings. The molecule has 2 aromatic rings. The Balaban J connectivity index is 1.81. The summed E-state index contributed by atoms with van der Waals surface area (Å²) in [4.78, 5) is 11.8. The van der Waals surface area contributed by atoms with E-state index in [1.165, 1.54) is 0 Å². The quantitative estimate of drug-likeness (QED) is 0.750. The van der Waals surface area contributed by atoms with Gasteiger partial charge in [0.2, 0.25) is 0 Å². The van der Waals surface area contributed by atoms with E-state index in [1.54, 1.807) is 18.2 Å². The van der Waals surface area contributed by atoms with Gasteiger partial charge in [0.15, 0.2) is 0 Å². The number of hydrogen-bond acceptors (Lipinski definition) is 1. The molecule has 2 rings (SSSR count). The van der Waals surface area contributed by atoms with Crippen molar-refractivity contribution in [3.8, 4) is 0 Å². The van der Waals surface area contributed by atoms with Gasteiger partial charge in [-0.25, -0.2) is 4.79 Å². The summed E-state index contributed by atoms with van der Waals surface area (Å²) in [5, 5.41) is 6.40. The zero-order valence-electron chi connectivity index (χ0n) is 11.0. The Labute approximate surface area is 141 Å². The molecule has 110 valence electrons. The van der Waals surface area contributed by atoms with Crippen molar-refractivity contribution in [3.63, 3.8) is 0 Å². The van der Waals surface area contributed by atoms with E-state index in [0.717, 1.165) is 16.5 Å². The van der Waals surface area contributed by atoms with Gasteiger partial charge in [-0.05, 0) is 42.3 Å². The Morgan fingerprint density at radius 2 is 1.81 bits per heavy atom. The van der Waals surface area contributed by atoms with E-state index in [9.17, 15) is 4.79 Å². The van der Waals surface area contributed by atoms with Gasteiger partial charge in [-0.1, -0.05) is 51.3 Å². The number of rotatable bonds is 4. The Morgan fingerprint density at radius 1 is 1.10 bits per heavy atom. The lowest BCUT2D eigenvalue weighted by Gasteiger charge is -2.09. The van der Waals surface area contributed by atoms with Crippen LogP contribution in [-0.2, 0) is 6.42 Å². The highest BCUT2D eigenvalue weighted by atomic mass is 79.9. The fourth-order valence-electron chi connectivity index (χ4n) is 1.73. The predicted octanol–water partition coefficient (Wildman–Crippen LogP) is 5.12. The smallest absolute Gasteiger partial charge is 0.319 e. The third kappa shape index (κ3) is 5.23. The topological polar surface area (TPSA) is 41.1 Å². The summed E-state index contributed by atoms with van der Waals surface area (Å²) in [7, 11) is 0. The summed E-state index contributed by atoms with van der Waals surface area (Å²) >= 11 is 15.2. The lowest BCUT2D eigenvalue weighted by molar-refractivity contribution is 0.252. The van der Waals surface area contributed by atoms with Crippen LogP contribution in [0.5, 0.6) is 0 Å². The molecular formula is C15H13BrCl2N2O. The van der Waals surface area contributed by atoms with Crippen LogP contribution in [0.3, 0.4) is 0 Å². The summed E-state index contributed by atoms with van der Waals surface area (Å²) in [6.45, 7) is 0.540. The Hall–Kier alpha value is -1.23. The first-order valence-electron chi connectivity index (χ1n) is 6.29. The van der Waals surface area contributed by atoms with E-state index >= 15 is 0 Å². The van der Waals surface area contributed by atoms with Gasteiger partial charge in [0.1, 0.15) is 0 Å². The highest BCUT2D eigenvalue weighted by molar-refractivity contribution is 9.10. The molecule has 6 heteroatoms. The maximum absolute atomic E-state index is 11.8. The second-order valence-corrected chi connectivity index (χ2v) is 6.14. The third-order valence-electron chi connectivity index (χ3n) is 2.79. The molecule has 0 aromatic heterocycles. The van der Waals surface area contributed by atoms with Gasteiger partial charge in [0, 0.05) is 16.0 Å². The predicted molar refractivity (Wildman–Crippen MR) is 91.3 cm³/mol. The van der Waals surface area contributed by atoms with Gasteiger partial charge < -0.3 is 10.6 Å². The van der Waals surface area contributed by atoms with Crippen LogP contribution in [-0.4, -0.2) is 12.6 Å². The van der Waals surface area contributed by atoms with Gasteiger partial charge in [0.25, 0.3) is 0 Å². The average Bonchev–Trinajstić information content (AvgIpc) is 2.44. The van der Waals surface area contributed by atoms with Crippen molar-refractivity contribution in [2.24, 2.45) is 0 Å². The van der Waals surface area contributed by atoms with Crippen LogP contribution in [0.25, 0.3) is 0 Å². The molecular weight excluding hydrogens is 375 g/mol. The number of carbonyl (C=O) groups is 1. The average molecular weight is 388 g/mol. The first kappa shape index (κ1) is 16.1. The van der Waals surface area contributed by atoms with E-state index in [-0.39, 0.29) is 6.03 Å². The van der Waals surface area contributed by atoms with E-state index in [1.807, 2.05) is 24.3 Å². The normalized spacial score (nSPS) is 10.2. The van der Waals surface area contributed by atoms with E-state index in [2.05, 4.69) is 26.6 Å². The number of hydrogen-bond donors (Lipinski definition) is 2. The lowest BCUT2D eigenvalue weighted by atomic mass is 10.1. The van der Waals surface area contributed by atoms with E-state index in [4.69, 9.17) is 23.2 Å². The summed E-state index contributed by atoms with van der Waals surface area (Å²) in [5.41, 5.74) is 1.69. The molecule has 0 fully saturated rings. The summed E-state index contributed by atoms with van der Waals surface area (Å²) in [6.07, 6.45) is 0.759. The number of urea groups is 1. The van der Waals surface area contributed by atoms with Crippen LogP contribution < -0.4 is 10.6 Å². The van der Waals surface area contributed by atoms with E-state index < -0.39 is 0 Å². The highest BCUT2D eigenvalue weighted by Crippen LogP contribution is 2.25. The van der Waals surface area contributed by atoms with Crippen LogP contribution in [0.1, 0.15) is 5.56 Å². The molecule has 2 amide bonds. The zero-order valence-corrected chi connectivity index (χ0v) is 14.1. The van der Waals surface area contributed by atoms with Crippen molar-refractivity contribution in [1.29, 1.82) is 0 Å². The molecule has 0 aliphatic heterocycles. The highest BCUT2D eigenvalue weighted by Gasteiger charge is 2.05. The van der Waals surface area contributed by atoms with Gasteiger partial charge in [0.05, 0.1) is 10.7 Å². The minimum atomic E-state index is -0.295. The van der Waals surface area contributed by atoms with Crippen molar-refractivity contribution in [3.05, 3.63) is 62.5 Å². The van der Waals surface area contributed by atoms with Gasteiger partial charge in [-0.2, -0.15) is 0 Å². The van der Waals surface area contributed by atoms with Crippen molar-refractivity contribution >= 4 is 50.9 Å². The van der Waals surface area contributed by atoms with Gasteiger partial charge >= 0.3 is 6.03 Å². The number of halogens is 3. The summed E-state index contributed by atoms with van der Waals surface area (Å²) in [5.74, 6) is 0. The van der Waals surface area contributed by atoms with E-state index in [0.29, 0.717) is 22.3 Å². The molecule has 0 heterocycles. The lowest BCUT2D eigenvalue weighted by Crippen LogP contribution is -2.30. The van der Waals surface area contributed by atoms with Crippen molar-refractivity contribution in [1.82, 2.24) is 5.32 Å². The summed E-state index contributed by atoms with van der Waals surface area (Å²) in [6, 6.07) is 12.6. The molecule has 2 aromatic carbocycles. The first-order valence-corrected chi connectivity index (χ1v) is 7.84. The molecule has 0 unspecified atom stereocenters. The Morgan fingerprint density at radius 3 is 2.48 bits per heavy atom. The van der Waals surface area contributed by atoms with Crippen LogP contribution in [0, 0.1) is 0 Å². The minimum Gasteiger partial charge on any atom is -0.338 e. The van der Waals surface area contributed by atoms with Crippen molar-refractivity contribution < 1.29 is 4.79 Å². The maximum Gasteiger partial charge on any atom is 0.319 e. The molecule has 0 saturated heterocycles. The number of anilines is 1. The SMILES string of the molecule is O=C(NCCc1ccc(Br)cc1)Nc1ccc(Cl)cc1Cl. The van der Waals surface area contributed by atoms with Gasteiger partial charge in [-0.3, -0.25) is 0 Å². The number of nitrogens with one attached hydrogen (secondary N) is 2. The first-order chi connectivity index (χ1) is 10.0. The molecule has 0 saturated carbocycles. The van der Waals surface area contributed by atoms with Crippen molar-refractivity contribution in [2.45, 2.75) is 6.42 Å². The second-order valence-electron chi connectivity index (χ2n) is 4.38. The summed E-state index contributed by atoms with van der Waals surface area (Å²) < 4.78 is 1.04. The Kier molecular flexibility index (Phi) is 5.91. The maximum atomic E-state index is 11.8. The minimum absolute atomic E-state index is 0.295. The molecule has 0 bridgehead atoms.